The third kappa shape index (κ3) is 4.41. The predicted octanol–water partition coefficient (Wildman–Crippen LogP) is 3.48. The number of anilines is 2. The van der Waals surface area contributed by atoms with Crippen LogP contribution in [0.2, 0.25) is 0 Å². The van der Waals surface area contributed by atoms with Gasteiger partial charge in [-0.15, -0.1) is 0 Å². The summed E-state index contributed by atoms with van der Waals surface area (Å²) in [6.45, 7) is 4.08. The number of hydrogen-bond donors (Lipinski definition) is 2. The van der Waals surface area contributed by atoms with Crippen molar-refractivity contribution < 1.29 is 4.39 Å². The van der Waals surface area contributed by atoms with Gasteiger partial charge in [0, 0.05) is 12.6 Å². The molecule has 2 aromatic rings. The highest BCUT2D eigenvalue weighted by atomic mass is 19.1. The molecular weight excluding hydrogens is 267 g/mol. The first-order valence-corrected chi connectivity index (χ1v) is 7.02. The van der Waals surface area contributed by atoms with Crippen LogP contribution in [-0.2, 0) is 6.42 Å². The Kier molecular flexibility index (Phi) is 4.73. The van der Waals surface area contributed by atoms with E-state index >= 15 is 0 Å². The summed E-state index contributed by atoms with van der Waals surface area (Å²) in [5.41, 5.74) is 1.00. The molecule has 0 spiro atoms. The summed E-state index contributed by atoms with van der Waals surface area (Å²) in [5.74, 6) is 0.187. The topological polar surface area (TPSA) is 49.8 Å². The average Bonchev–Trinajstić information content (AvgIpc) is 2.48. The van der Waals surface area contributed by atoms with Gasteiger partial charge in [0.1, 0.15) is 0 Å². The van der Waals surface area contributed by atoms with Gasteiger partial charge < -0.3 is 10.6 Å². The van der Waals surface area contributed by atoms with E-state index in [1.807, 2.05) is 32.0 Å². The Morgan fingerprint density at radius 2 is 1.90 bits per heavy atom. The van der Waals surface area contributed by atoms with Crippen LogP contribution in [0.25, 0.3) is 0 Å². The van der Waals surface area contributed by atoms with Crippen LogP contribution >= 0.6 is 0 Å². The van der Waals surface area contributed by atoms with Gasteiger partial charge in [-0.1, -0.05) is 30.3 Å². The van der Waals surface area contributed by atoms with Gasteiger partial charge in [0.05, 0.1) is 6.20 Å². The smallest absolute Gasteiger partial charge is 0.224 e. The van der Waals surface area contributed by atoms with Gasteiger partial charge in [0.2, 0.25) is 5.95 Å². The van der Waals surface area contributed by atoms with Crippen LogP contribution in [0.5, 0.6) is 0 Å². The molecule has 21 heavy (non-hydrogen) atoms. The first kappa shape index (κ1) is 15.2. The molecule has 0 aliphatic heterocycles. The van der Waals surface area contributed by atoms with Gasteiger partial charge in [0.25, 0.3) is 0 Å². The zero-order valence-corrected chi connectivity index (χ0v) is 12.7. The maximum absolute atomic E-state index is 13.8. The highest BCUT2D eigenvalue weighted by Crippen LogP contribution is 2.21. The maximum atomic E-state index is 13.8. The molecule has 5 heteroatoms. The van der Waals surface area contributed by atoms with E-state index in [2.05, 4.69) is 32.7 Å². The number of aromatic nitrogens is 2. The molecule has 0 radical (unpaired) electrons. The Morgan fingerprint density at radius 3 is 2.57 bits per heavy atom. The minimum atomic E-state index is -0.443. The molecule has 1 heterocycles. The second-order valence-corrected chi connectivity index (χ2v) is 5.63. The van der Waals surface area contributed by atoms with Crippen molar-refractivity contribution in [3.05, 3.63) is 47.9 Å². The molecule has 0 atom stereocenters. The first-order chi connectivity index (χ1) is 10.00. The standard InChI is InChI=1S/C16H21FN4/c1-16(2,10-9-12-7-5-4-6-8-12)21-14-13(17)11-19-15(18-3)20-14/h4-8,11H,9-10H2,1-3H3,(H2,18,19,20,21). The van der Waals surface area contributed by atoms with Gasteiger partial charge in [-0.3, -0.25) is 0 Å². The highest BCUT2D eigenvalue weighted by Gasteiger charge is 2.20. The summed E-state index contributed by atoms with van der Waals surface area (Å²) in [6.07, 6.45) is 2.97. The summed E-state index contributed by atoms with van der Waals surface area (Å²) < 4.78 is 13.8. The molecule has 0 fully saturated rings. The van der Waals surface area contributed by atoms with Crippen LogP contribution in [0, 0.1) is 5.82 Å². The molecule has 0 amide bonds. The predicted molar refractivity (Wildman–Crippen MR) is 84.0 cm³/mol. The number of nitrogens with one attached hydrogen (secondary N) is 2. The number of halogens is 1. The summed E-state index contributed by atoms with van der Waals surface area (Å²) in [7, 11) is 1.71. The Hall–Kier alpha value is -2.17. The summed E-state index contributed by atoms with van der Waals surface area (Å²) in [4.78, 5) is 7.97. The average molecular weight is 288 g/mol. The molecule has 0 saturated carbocycles. The molecule has 0 unspecified atom stereocenters. The number of rotatable bonds is 6. The lowest BCUT2D eigenvalue weighted by atomic mass is 9.95. The van der Waals surface area contributed by atoms with Crippen molar-refractivity contribution >= 4 is 11.8 Å². The lowest BCUT2D eigenvalue weighted by molar-refractivity contribution is 0.508. The van der Waals surface area contributed by atoms with Gasteiger partial charge in [-0.2, -0.15) is 4.98 Å². The fraction of sp³-hybridized carbons (Fsp3) is 0.375. The fourth-order valence-corrected chi connectivity index (χ4v) is 2.06. The summed E-state index contributed by atoms with van der Waals surface area (Å²) in [6, 6.07) is 10.3. The van der Waals surface area contributed by atoms with E-state index < -0.39 is 5.82 Å². The van der Waals surface area contributed by atoms with E-state index in [4.69, 9.17) is 0 Å². The summed E-state index contributed by atoms with van der Waals surface area (Å²) in [5, 5.41) is 5.97. The molecule has 0 aliphatic carbocycles. The SMILES string of the molecule is CNc1ncc(F)c(NC(C)(C)CCc2ccccc2)n1. The molecule has 112 valence electrons. The van der Waals surface area contributed by atoms with E-state index in [9.17, 15) is 4.39 Å². The normalized spacial score (nSPS) is 11.2. The molecule has 0 bridgehead atoms. The van der Waals surface area contributed by atoms with Crippen molar-refractivity contribution in [2.75, 3.05) is 17.7 Å². The maximum Gasteiger partial charge on any atom is 0.224 e. The number of nitrogens with zero attached hydrogens (tertiary/aromatic N) is 2. The van der Waals surface area contributed by atoms with Crippen LogP contribution in [0.3, 0.4) is 0 Å². The van der Waals surface area contributed by atoms with Crippen molar-refractivity contribution in [2.24, 2.45) is 0 Å². The minimum absolute atomic E-state index is 0.229. The molecule has 0 aliphatic rings. The monoisotopic (exact) mass is 288 g/mol. The van der Waals surface area contributed by atoms with Crippen molar-refractivity contribution in [3.8, 4) is 0 Å². The van der Waals surface area contributed by atoms with Crippen molar-refractivity contribution in [1.29, 1.82) is 0 Å². The second-order valence-electron chi connectivity index (χ2n) is 5.63. The Bertz CT molecular complexity index is 584. The quantitative estimate of drug-likeness (QED) is 0.854. The van der Waals surface area contributed by atoms with Crippen LogP contribution in [0.1, 0.15) is 25.8 Å². The van der Waals surface area contributed by atoms with Gasteiger partial charge in [-0.25, -0.2) is 9.37 Å². The zero-order valence-electron chi connectivity index (χ0n) is 12.7. The van der Waals surface area contributed by atoms with E-state index in [0.29, 0.717) is 5.95 Å². The van der Waals surface area contributed by atoms with E-state index in [-0.39, 0.29) is 11.4 Å². The largest absolute Gasteiger partial charge is 0.363 e. The lowest BCUT2D eigenvalue weighted by Gasteiger charge is -2.27. The van der Waals surface area contributed by atoms with E-state index in [1.165, 1.54) is 11.8 Å². The van der Waals surface area contributed by atoms with Crippen LogP contribution in [0.4, 0.5) is 16.2 Å². The first-order valence-electron chi connectivity index (χ1n) is 7.02. The van der Waals surface area contributed by atoms with Gasteiger partial charge in [0.15, 0.2) is 11.6 Å². The molecule has 1 aromatic carbocycles. The molecule has 4 nitrogen and oxygen atoms in total. The molecule has 2 rings (SSSR count). The van der Waals surface area contributed by atoms with Crippen molar-refractivity contribution in [2.45, 2.75) is 32.2 Å². The van der Waals surface area contributed by atoms with E-state index in [0.717, 1.165) is 12.8 Å². The van der Waals surface area contributed by atoms with Gasteiger partial charge >= 0.3 is 0 Å². The van der Waals surface area contributed by atoms with Crippen LogP contribution in [-0.4, -0.2) is 22.6 Å². The Balaban J connectivity index is 2.03. The second kappa shape index (κ2) is 6.52. The van der Waals surface area contributed by atoms with Crippen LogP contribution in [0.15, 0.2) is 36.5 Å². The minimum Gasteiger partial charge on any atom is -0.363 e. The lowest BCUT2D eigenvalue weighted by Crippen LogP contribution is -2.32. The summed E-state index contributed by atoms with van der Waals surface area (Å²) >= 11 is 0. The van der Waals surface area contributed by atoms with Crippen molar-refractivity contribution in [1.82, 2.24) is 9.97 Å². The van der Waals surface area contributed by atoms with Crippen LogP contribution < -0.4 is 10.6 Å². The number of hydrogen-bond acceptors (Lipinski definition) is 4. The fourth-order valence-electron chi connectivity index (χ4n) is 2.06. The Morgan fingerprint density at radius 1 is 1.19 bits per heavy atom. The number of aryl methyl sites for hydroxylation is 1. The third-order valence-electron chi connectivity index (χ3n) is 3.31. The molecular formula is C16H21FN4. The molecule has 0 saturated heterocycles. The highest BCUT2D eigenvalue weighted by molar-refractivity contribution is 5.42. The number of benzene rings is 1. The van der Waals surface area contributed by atoms with Crippen molar-refractivity contribution in [3.63, 3.8) is 0 Å². The zero-order chi connectivity index (χ0) is 15.3. The Labute approximate surface area is 124 Å². The molecule has 2 N–H and O–H groups in total. The third-order valence-corrected chi connectivity index (χ3v) is 3.31. The van der Waals surface area contributed by atoms with Gasteiger partial charge in [-0.05, 0) is 32.3 Å². The molecule has 1 aromatic heterocycles. The van der Waals surface area contributed by atoms with E-state index in [1.54, 1.807) is 7.05 Å².